The second-order valence-corrected chi connectivity index (χ2v) is 7.33. The van der Waals surface area contributed by atoms with Gasteiger partial charge in [0.25, 0.3) is 10.0 Å². The highest BCUT2D eigenvalue weighted by atomic mass is 32.2. The molecule has 0 saturated carbocycles. The van der Waals surface area contributed by atoms with E-state index in [1.54, 1.807) is 0 Å². The molecule has 1 aliphatic heterocycles. The molecule has 0 spiro atoms. The van der Waals surface area contributed by atoms with Crippen molar-refractivity contribution in [2.24, 2.45) is 0 Å². The predicted molar refractivity (Wildman–Crippen MR) is 69.0 cm³/mol. The molecule has 8 heteroatoms. The Bertz CT molecular complexity index is 532. The third kappa shape index (κ3) is 2.88. The number of hydrogen-bond acceptors (Lipinski definition) is 5. The molecule has 1 aromatic rings. The van der Waals surface area contributed by atoms with E-state index in [0.29, 0.717) is 18.2 Å². The fraction of sp³-hybridized carbons (Fsp3) is 0.600. The van der Waals surface area contributed by atoms with Crippen molar-refractivity contribution in [2.45, 2.75) is 30.4 Å². The van der Waals surface area contributed by atoms with E-state index in [1.807, 2.05) is 0 Å². The average molecular weight is 289 g/mol. The molecule has 0 atom stereocenters. The van der Waals surface area contributed by atoms with Crippen molar-refractivity contribution in [1.29, 1.82) is 0 Å². The van der Waals surface area contributed by atoms with Gasteiger partial charge in [-0.1, -0.05) is 17.8 Å². The first-order valence-corrected chi connectivity index (χ1v) is 7.99. The van der Waals surface area contributed by atoms with Crippen molar-refractivity contribution >= 4 is 32.4 Å². The van der Waals surface area contributed by atoms with Crippen LogP contribution in [0.4, 0.5) is 5.13 Å². The Balaban J connectivity index is 2.18. The minimum absolute atomic E-state index is 0.188. The molecule has 1 saturated heterocycles. The maximum atomic E-state index is 12.3. The minimum atomic E-state index is -3.44. The molecule has 100 valence electrons. The number of rotatable bonds is 3. The first kappa shape index (κ1) is 13.4. The van der Waals surface area contributed by atoms with Crippen molar-refractivity contribution in [3.63, 3.8) is 0 Å². The number of carbonyl (C=O) groups excluding carboxylic acids is 1. The summed E-state index contributed by atoms with van der Waals surface area (Å²) in [5.41, 5.74) is 0. The summed E-state index contributed by atoms with van der Waals surface area (Å²) < 4.78 is 26.2. The van der Waals surface area contributed by atoms with E-state index in [9.17, 15) is 13.2 Å². The number of carbonyl (C=O) groups is 1. The van der Waals surface area contributed by atoms with E-state index in [4.69, 9.17) is 0 Å². The standard InChI is InChI=1S/C10H15N3O3S2/c1-8(14)12-10-11-7-9(17-10)18(15,16)13-5-3-2-4-6-13/h7H,2-6H2,1H3,(H,11,12,14). The van der Waals surface area contributed by atoms with Crippen LogP contribution in [-0.2, 0) is 14.8 Å². The maximum absolute atomic E-state index is 12.3. The van der Waals surface area contributed by atoms with E-state index in [2.05, 4.69) is 10.3 Å². The molecule has 1 fully saturated rings. The Labute approximate surface area is 110 Å². The Morgan fingerprint density at radius 3 is 2.67 bits per heavy atom. The van der Waals surface area contributed by atoms with Crippen LogP contribution in [0, 0.1) is 0 Å². The van der Waals surface area contributed by atoms with E-state index in [1.165, 1.54) is 17.4 Å². The molecule has 2 rings (SSSR count). The average Bonchev–Trinajstić information content (AvgIpc) is 2.78. The number of amides is 1. The number of anilines is 1. The van der Waals surface area contributed by atoms with Gasteiger partial charge >= 0.3 is 0 Å². The summed E-state index contributed by atoms with van der Waals surface area (Å²) in [6, 6.07) is 0. The highest BCUT2D eigenvalue weighted by Gasteiger charge is 2.28. The van der Waals surface area contributed by atoms with Gasteiger partial charge in [-0.2, -0.15) is 4.31 Å². The molecule has 2 heterocycles. The molecule has 1 aliphatic rings. The highest BCUT2D eigenvalue weighted by Crippen LogP contribution is 2.27. The molecular formula is C10H15N3O3S2. The van der Waals surface area contributed by atoms with Crippen LogP contribution in [-0.4, -0.2) is 36.7 Å². The summed E-state index contributed by atoms with van der Waals surface area (Å²) in [6.07, 6.45) is 4.18. The molecule has 1 N–H and O–H groups in total. The zero-order valence-corrected chi connectivity index (χ0v) is 11.7. The molecule has 0 bridgehead atoms. The number of thiazole rings is 1. The van der Waals surface area contributed by atoms with Gasteiger partial charge in [0, 0.05) is 20.0 Å². The fourth-order valence-electron chi connectivity index (χ4n) is 1.82. The van der Waals surface area contributed by atoms with E-state index < -0.39 is 10.0 Å². The first-order valence-electron chi connectivity index (χ1n) is 5.74. The van der Waals surface area contributed by atoms with E-state index in [0.717, 1.165) is 30.6 Å². The van der Waals surface area contributed by atoms with Gasteiger partial charge in [0.1, 0.15) is 0 Å². The lowest BCUT2D eigenvalue weighted by atomic mass is 10.2. The number of piperidine rings is 1. The molecule has 6 nitrogen and oxygen atoms in total. The summed E-state index contributed by atoms with van der Waals surface area (Å²) in [4.78, 5) is 14.8. The molecule has 18 heavy (non-hydrogen) atoms. The van der Waals surface area contributed by atoms with Gasteiger partial charge in [-0.3, -0.25) is 4.79 Å². The van der Waals surface area contributed by atoms with Crippen LogP contribution < -0.4 is 5.32 Å². The van der Waals surface area contributed by atoms with Gasteiger partial charge in [0.2, 0.25) is 5.91 Å². The molecule has 0 aromatic carbocycles. The summed E-state index contributed by atoms with van der Waals surface area (Å²) in [6.45, 7) is 2.49. The Morgan fingerprint density at radius 1 is 1.39 bits per heavy atom. The van der Waals surface area contributed by atoms with Gasteiger partial charge in [0.15, 0.2) is 9.34 Å². The molecule has 0 aliphatic carbocycles. The van der Waals surface area contributed by atoms with Gasteiger partial charge < -0.3 is 5.32 Å². The summed E-state index contributed by atoms with van der Waals surface area (Å²) in [5, 5.41) is 2.80. The second kappa shape index (κ2) is 5.33. The monoisotopic (exact) mass is 289 g/mol. The number of aromatic nitrogens is 1. The fourth-order valence-corrected chi connectivity index (χ4v) is 4.57. The van der Waals surface area contributed by atoms with Crippen molar-refractivity contribution in [1.82, 2.24) is 9.29 Å². The lowest BCUT2D eigenvalue weighted by molar-refractivity contribution is -0.114. The Morgan fingerprint density at radius 2 is 2.06 bits per heavy atom. The maximum Gasteiger partial charge on any atom is 0.254 e. The van der Waals surface area contributed by atoms with Crippen LogP contribution in [0.1, 0.15) is 26.2 Å². The number of sulfonamides is 1. The second-order valence-electron chi connectivity index (χ2n) is 4.13. The zero-order chi connectivity index (χ0) is 13.2. The van der Waals surface area contributed by atoms with Crippen molar-refractivity contribution in [2.75, 3.05) is 18.4 Å². The first-order chi connectivity index (χ1) is 8.50. The summed E-state index contributed by atoms with van der Waals surface area (Å²) in [5.74, 6) is -0.258. The largest absolute Gasteiger partial charge is 0.302 e. The van der Waals surface area contributed by atoms with Crippen LogP contribution in [0.25, 0.3) is 0 Å². The van der Waals surface area contributed by atoms with Crippen LogP contribution in [0.3, 0.4) is 0 Å². The molecule has 0 unspecified atom stereocenters. The quantitative estimate of drug-likeness (QED) is 0.909. The normalized spacial score (nSPS) is 17.6. The smallest absolute Gasteiger partial charge is 0.254 e. The van der Waals surface area contributed by atoms with Crippen molar-refractivity contribution < 1.29 is 13.2 Å². The molecule has 1 aromatic heterocycles. The Kier molecular flexibility index (Phi) is 3.98. The van der Waals surface area contributed by atoms with Gasteiger partial charge in [-0.25, -0.2) is 13.4 Å². The third-order valence-electron chi connectivity index (χ3n) is 2.68. The van der Waals surface area contributed by atoms with Crippen LogP contribution in [0.5, 0.6) is 0 Å². The Hall–Kier alpha value is -0.990. The van der Waals surface area contributed by atoms with Gasteiger partial charge in [-0.05, 0) is 12.8 Å². The highest BCUT2D eigenvalue weighted by molar-refractivity contribution is 7.91. The van der Waals surface area contributed by atoms with E-state index >= 15 is 0 Å². The van der Waals surface area contributed by atoms with Gasteiger partial charge in [-0.15, -0.1) is 0 Å². The third-order valence-corrected chi connectivity index (χ3v) is 5.92. The summed E-state index contributed by atoms with van der Waals surface area (Å²) in [7, 11) is -3.44. The molecular weight excluding hydrogens is 274 g/mol. The van der Waals surface area contributed by atoms with Crippen LogP contribution in [0.2, 0.25) is 0 Å². The minimum Gasteiger partial charge on any atom is -0.302 e. The van der Waals surface area contributed by atoms with Crippen molar-refractivity contribution in [3.8, 4) is 0 Å². The topological polar surface area (TPSA) is 79.4 Å². The van der Waals surface area contributed by atoms with Crippen molar-refractivity contribution in [3.05, 3.63) is 6.20 Å². The SMILES string of the molecule is CC(=O)Nc1ncc(S(=O)(=O)N2CCCCC2)s1. The lowest BCUT2D eigenvalue weighted by Gasteiger charge is -2.24. The van der Waals surface area contributed by atoms with Crippen LogP contribution in [0.15, 0.2) is 10.4 Å². The van der Waals surface area contributed by atoms with E-state index in [-0.39, 0.29) is 10.1 Å². The molecule has 1 amide bonds. The van der Waals surface area contributed by atoms with Crippen LogP contribution >= 0.6 is 11.3 Å². The van der Waals surface area contributed by atoms with Gasteiger partial charge in [0.05, 0.1) is 6.20 Å². The lowest BCUT2D eigenvalue weighted by Crippen LogP contribution is -2.35. The zero-order valence-electron chi connectivity index (χ0n) is 10.0. The number of nitrogens with one attached hydrogen (secondary N) is 1. The number of nitrogens with zero attached hydrogens (tertiary/aromatic N) is 2. The molecule has 0 radical (unpaired) electrons. The summed E-state index contributed by atoms with van der Waals surface area (Å²) >= 11 is 0.989. The predicted octanol–water partition coefficient (Wildman–Crippen LogP) is 1.28. The number of hydrogen-bond donors (Lipinski definition) is 1.